The van der Waals surface area contributed by atoms with Crippen molar-refractivity contribution < 1.29 is 33.2 Å². The summed E-state index contributed by atoms with van der Waals surface area (Å²) in [5.41, 5.74) is 13.0. The van der Waals surface area contributed by atoms with Crippen LogP contribution in [0.2, 0.25) is 18.1 Å². The summed E-state index contributed by atoms with van der Waals surface area (Å²) in [6.45, 7) is 16.3. The Kier molecular flexibility index (Phi) is 13.1. The number of nitrogens with two attached hydrogens (primary N) is 2. The highest BCUT2D eigenvalue weighted by Gasteiger charge is 2.37. The van der Waals surface area contributed by atoms with Crippen LogP contribution in [-0.4, -0.2) is 76.7 Å². The predicted molar refractivity (Wildman–Crippen MR) is 220 cm³/mol. The van der Waals surface area contributed by atoms with Crippen molar-refractivity contribution in [2.45, 2.75) is 85.1 Å². The van der Waals surface area contributed by atoms with Gasteiger partial charge in [0.25, 0.3) is 11.6 Å². The number of nitro groups is 1. The highest BCUT2D eigenvalue weighted by molar-refractivity contribution is 6.74. The van der Waals surface area contributed by atoms with Crippen LogP contribution in [0.5, 0.6) is 11.5 Å². The third kappa shape index (κ3) is 10.4. The van der Waals surface area contributed by atoms with E-state index >= 15 is 0 Å². The number of hydrogen-bond donors (Lipinski definition) is 4. The number of carbonyl (C=O) groups is 3. The Bertz CT molecular complexity index is 2180. The van der Waals surface area contributed by atoms with E-state index in [0.29, 0.717) is 60.3 Å². The number of ether oxygens (including phenoxy) is 2. The second-order valence-electron chi connectivity index (χ2n) is 15.6. The average molecular weight is 804 g/mol. The number of rotatable bonds is 20. The summed E-state index contributed by atoms with van der Waals surface area (Å²) in [5.74, 6) is -0.815. The number of hydrogen-bond acceptors (Lipinski definition) is 11. The standard InChI is InChI=1S/C39H53N9O8Si/c1-8-47-30(18-24(2)45-47)37(51)44-38-43-28-19-26(35(40)49)22-32(55-23-25-12-13-25)34(28)46(38)15-10-9-14-42-33-29(48(52)53)20-27(36(41)50)21-31(33)54-16-11-17-56-57(6,7)39(3,4)5/h9-10,18-22,25,42H,8,11-17,23H2,1-7H3,(H2,40,49)(H2,41,50)(H,43,44,51)/b10-9+. The van der Waals surface area contributed by atoms with Crippen LogP contribution in [0.1, 0.15) is 83.9 Å². The molecule has 18 heteroatoms. The molecule has 1 saturated carbocycles. The van der Waals surface area contributed by atoms with Crippen LogP contribution in [0.25, 0.3) is 11.0 Å². The van der Waals surface area contributed by atoms with Gasteiger partial charge >= 0.3 is 0 Å². The van der Waals surface area contributed by atoms with E-state index in [4.69, 9.17) is 30.4 Å². The van der Waals surface area contributed by atoms with E-state index in [0.717, 1.165) is 18.9 Å². The van der Waals surface area contributed by atoms with E-state index in [2.05, 4.69) is 49.6 Å². The molecule has 0 unspecified atom stereocenters. The third-order valence-corrected chi connectivity index (χ3v) is 14.7. The Morgan fingerprint density at radius 2 is 1.70 bits per heavy atom. The summed E-state index contributed by atoms with van der Waals surface area (Å²) < 4.78 is 21.8. The fraction of sp³-hybridized carbons (Fsp3) is 0.462. The summed E-state index contributed by atoms with van der Waals surface area (Å²) in [6.07, 6.45) is 6.14. The molecule has 4 aromatic rings. The molecule has 306 valence electrons. The molecule has 0 spiro atoms. The minimum Gasteiger partial charge on any atom is -0.491 e. The van der Waals surface area contributed by atoms with Crippen LogP contribution in [-0.2, 0) is 17.5 Å². The lowest BCUT2D eigenvalue weighted by molar-refractivity contribution is -0.384. The van der Waals surface area contributed by atoms with E-state index in [1.165, 1.54) is 6.07 Å². The Labute approximate surface area is 332 Å². The van der Waals surface area contributed by atoms with Crippen molar-refractivity contribution >= 4 is 54.4 Å². The molecule has 1 aliphatic carbocycles. The number of benzene rings is 2. The first kappa shape index (κ1) is 42.4. The molecule has 17 nitrogen and oxygen atoms in total. The molecule has 3 amide bonds. The molecule has 1 aliphatic rings. The number of primary amides is 2. The maximum absolute atomic E-state index is 13.6. The normalized spacial score (nSPS) is 13.2. The van der Waals surface area contributed by atoms with Gasteiger partial charge in [0.15, 0.2) is 14.0 Å². The first-order chi connectivity index (χ1) is 26.9. The molecule has 2 heterocycles. The Balaban J connectivity index is 1.40. The monoisotopic (exact) mass is 803 g/mol. The van der Waals surface area contributed by atoms with Gasteiger partial charge in [-0.1, -0.05) is 32.9 Å². The van der Waals surface area contributed by atoms with Gasteiger partial charge in [0, 0.05) is 49.9 Å². The van der Waals surface area contributed by atoms with Crippen LogP contribution < -0.4 is 31.6 Å². The lowest BCUT2D eigenvalue weighted by atomic mass is 10.1. The number of nitrogens with one attached hydrogen (secondary N) is 2. The summed E-state index contributed by atoms with van der Waals surface area (Å²) in [6, 6.07) is 7.31. The molecule has 0 bridgehead atoms. The number of aromatic nitrogens is 4. The number of aryl methyl sites for hydroxylation is 2. The van der Waals surface area contributed by atoms with Crippen molar-refractivity contribution in [3.63, 3.8) is 0 Å². The highest BCUT2D eigenvalue weighted by Crippen LogP contribution is 2.38. The molecule has 2 aromatic carbocycles. The second-order valence-corrected chi connectivity index (χ2v) is 20.4. The van der Waals surface area contributed by atoms with Gasteiger partial charge in [-0.2, -0.15) is 5.10 Å². The molecule has 2 aromatic heterocycles. The Morgan fingerprint density at radius 3 is 2.33 bits per heavy atom. The van der Waals surface area contributed by atoms with Crippen molar-refractivity contribution in [3.05, 3.63) is 75.1 Å². The first-order valence-electron chi connectivity index (χ1n) is 19.0. The quantitative estimate of drug-likeness (QED) is 0.0259. The fourth-order valence-electron chi connectivity index (χ4n) is 5.77. The summed E-state index contributed by atoms with van der Waals surface area (Å²) in [5, 5.41) is 22.6. The number of anilines is 2. The lowest BCUT2D eigenvalue weighted by Gasteiger charge is -2.36. The maximum atomic E-state index is 13.6. The van der Waals surface area contributed by atoms with E-state index in [-0.39, 0.29) is 58.9 Å². The summed E-state index contributed by atoms with van der Waals surface area (Å²) in [4.78, 5) is 54.3. The minimum atomic E-state index is -1.98. The molecule has 0 aliphatic heterocycles. The number of imidazole rings is 1. The maximum Gasteiger partial charge on any atom is 0.296 e. The number of fused-ring (bicyclic) bond motifs is 1. The third-order valence-electron chi connectivity index (χ3n) is 10.2. The van der Waals surface area contributed by atoms with E-state index in [1.54, 1.807) is 46.5 Å². The molecular formula is C39H53N9O8Si. The van der Waals surface area contributed by atoms with E-state index in [1.807, 2.05) is 6.92 Å². The van der Waals surface area contributed by atoms with Gasteiger partial charge in [0.2, 0.25) is 17.8 Å². The highest BCUT2D eigenvalue weighted by atomic mass is 28.4. The number of amides is 3. The minimum absolute atomic E-state index is 0.0361. The van der Waals surface area contributed by atoms with Gasteiger partial charge < -0.3 is 35.3 Å². The molecule has 0 radical (unpaired) electrons. The van der Waals surface area contributed by atoms with Crippen LogP contribution in [0.15, 0.2) is 42.5 Å². The predicted octanol–water partition coefficient (Wildman–Crippen LogP) is 6.17. The van der Waals surface area contributed by atoms with Crippen LogP contribution in [0.4, 0.5) is 17.3 Å². The molecular weight excluding hydrogens is 751 g/mol. The summed E-state index contributed by atoms with van der Waals surface area (Å²) >= 11 is 0. The average Bonchev–Trinajstić information content (AvgIpc) is 3.80. The van der Waals surface area contributed by atoms with Crippen molar-refractivity contribution in [3.8, 4) is 11.5 Å². The van der Waals surface area contributed by atoms with Gasteiger partial charge in [0.1, 0.15) is 22.7 Å². The van der Waals surface area contributed by atoms with Crippen LogP contribution in [0.3, 0.4) is 0 Å². The van der Waals surface area contributed by atoms with Gasteiger partial charge in [-0.15, -0.1) is 0 Å². The topological polar surface area (TPSA) is 234 Å². The van der Waals surface area contributed by atoms with Crippen molar-refractivity contribution in [2.24, 2.45) is 17.4 Å². The number of nitro benzene ring substituents is 1. The van der Waals surface area contributed by atoms with Gasteiger partial charge in [-0.3, -0.25) is 34.5 Å². The Hall–Kier alpha value is -5.75. The van der Waals surface area contributed by atoms with Crippen molar-refractivity contribution in [1.82, 2.24) is 19.3 Å². The zero-order chi connectivity index (χ0) is 41.7. The number of carbonyl (C=O) groups excluding carboxylic acids is 3. The fourth-order valence-corrected chi connectivity index (χ4v) is 6.86. The van der Waals surface area contributed by atoms with Gasteiger partial charge in [-0.05, 0) is 75.0 Å². The van der Waals surface area contributed by atoms with Crippen LogP contribution >= 0.6 is 0 Å². The van der Waals surface area contributed by atoms with Crippen molar-refractivity contribution in [1.29, 1.82) is 0 Å². The van der Waals surface area contributed by atoms with Gasteiger partial charge in [-0.25, -0.2) is 4.98 Å². The summed E-state index contributed by atoms with van der Waals surface area (Å²) in [7, 11) is -1.98. The number of nitrogens with zero attached hydrogens (tertiary/aromatic N) is 5. The van der Waals surface area contributed by atoms with E-state index < -0.39 is 31.0 Å². The SMILES string of the molecule is CCn1nc(C)cc1C(=O)Nc1nc2cc(C(N)=O)cc(OCC3CC3)c2n1C/C=C/CNc1c(OCCCO[Si](C)(C)C(C)(C)C)cc(C(N)=O)cc1[N+](=O)[O-]. The first-order valence-corrected chi connectivity index (χ1v) is 21.9. The molecule has 0 atom stereocenters. The zero-order valence-corrected chi connectivity index (χ0v) is 34.6. The lowest BCUT2D eigenvalue weighted by Crippen LogP contribution is -2.41. The second kappa shape index (κ2) is 17.6. The molecule has 6 N–H and O–H groups in total. The van der Waals surface area contributed by atoms with E-state index in [9.17, 15) is 24.5 Å². The van der Waals surface area contributed by atoms with Gasteiger partial charge in [0.05, 0.1) is 29.3 Å². The number of allylic oxidation sites excluding steroid dienone is 1. The largest absolute Gasteiger partial charge is 0.491 e. The van der Waals surface area contributed by atoms with Crippen molar-refractivity contribution in [2.75, 3.05) is 37.0 Å². The Morgan fingerprint density at radius 1 is 1.02 bits per heavy atom. The molecule has 5 rings (SSSR count). The zero-order valence-electron chi connectivity index (χ0n) is 33.6. The molecule has 0 saturated heterocycles. The smallest absolute Gasteiger partial charge is 0.296 e. The molecule has 1 fully saturated rings. The van der Waals surface area contributed by atoms with Crippen LogP contribution in [0, 0.1) is 23.0 Å². The molecule has 57 heavy (non-hydrogen) atoms.